The quantitative estimate of drug-likeness (QED) is 0.291. The monoisotopic (exact) mass is 432 g/mol. The minimum absolute atomic E-state index is 0.0719. The molecule has 1 aromatic heterocycles. The van der Waals surface area contributed by atoms with Crippen LogP contribution in [0.3, 0.4) is 0 Å². The standard InChI is InChI=1S/C19H16N2O8S/c1-10(18(23)28-3)20-17(22)16(30-19(20)24)9-12-5-7-15(29-12)13-8-11(21(25)26)4-6-14(13)27-2/h4-10H,1-3H3/b16-9+. The fourth-order valence-corrected chi connectivity index (χ4v) is 3.68. The van der Waals surface area contributed by atoms with Gasteiger partial charge in [-0.2, -0.15) is 0 Å². The Balaban J connectivity index is 1.91. The number of carbonyl (C=O) groups is 3. The van der Waals surface area contributed by atoms with Gasteiger partial charge in [0.1, 0.15) is 23.3 Å². The molecule has 1 aromatic carbocycles. The summed E-state index contributed by atoms with van der Waals surface area (Å²) >= 11 is 0.669. The van der Waals surface area contributed by atoms with Crippen LogP contribution in [0.2, 0.25) is 0 Å². The van der Waals surface area contributed by atoms with Crippen molar-refractivity contribution in [1.29, 1.82) is 0 Å². The molecule has 30 heavy (non-hydrogen) atoms. The second-order valence-corrected chi connectivity index (χ2v) is 7.09. The Hall–Kier alpha value is -3.60. The molecule has 0 bridgehead atoms. The van der Waals surface area contributed by atoms with Gasteiger partial charge in [0.2, 0.25) is 0 Å². The number of hydrogen-bond donors (Lipinski definition) is 0. The molecular formula is C19H16N2O8S. The summed E-state index contributed by atoms with van der Waals surface area (Å²) in [7, 11) is 2.59. The van der Waals surface area contributed by atoms with Crippen LogP contribution in [-0.4, -0.2) is 47.2 Å². The van der Waals surface area contributed by atoms with Gasteiger partial charge in [-0.05, 0) is 36.9 Å². The van der Waals surface area contributed by atoms with Crippen molar-refractivity contribution in [3.05, 3.63) is 51.1 Å². The van der Waals surface area contributed by atoms with E-state index in [9.17, 15) is 24.5 Å². The van der Waals surface area contributed by atoms with Gasteiger partial charge in [-0.3, -0.25) is 24.6 Å². The molecule has 1 aliphatic heterocycles. The molecule has 0 saturated carbocycles. The average molecular weight is 432 g/mol. The van der Waals surface area contributed by atoms with Crippen molar-refractivity contribution in [3.8, 4) is 17.1 Å². The van der Waals surface area contributed by atoms with E-state index in [0.717, 1.165) is 4.90 Å². The third-order valence-electron chi connectivity index (χ3n) is 4.31. The molecule has 0 spiro atoms. The van der Waals surface area contributed by atoms with Crippen molar-refractivity contribution < 1.29 is 33.2 Å². The summed E-state index contributed by atoms with van der Waals surface area (Å²) in [5, 5.41) is 10.5. The zero-order chi connectivity index (χ0) is 22.0. The second kappa shape index (κ2) is 8.41. The SMILES string of the molecule is COC(=O)C(C)N1C(=O)S/C(=C/c2ccc(-c3cc([N+](=O)[O-])ccc3OC)o2)C1=O. The number of methoxy groups -OCH3 is 2. The van der Waals surface area contributed by atoms with E-state index in [0.29, 0.717) is 23.1 Å². The zero-order valence-corrected chi connectivity index (χ0v) is 16.9. The molecule has 1 saturated heterocycles. The number of benzene rings is 1. The van der Waals surface area contributed by atoms with Gasteiger partial charge in [0, 0.05) is 18.2 Å². The molecule has 0 radical (unpaired) electrons. The molecular weight excluding hydrogens is 416 g/mol. The summed E-state index contributed by atoms with van der Waals surface area (Å²) < 4.78 is 15.5. The van der Waals surface area contributed by atoms with Gasteiger partial charge in [-0.25, -0.2) is 4.79 Å². The lowest BCUT2D eigenvalue weighted by atomic mass is 10.1. The van der Waals surface area contributed by atoms with Crippen molar-refractivity contribution in [2.75, 3.05) is 14.2 Å². The number of ether oxygens (including phenoxy) is 2. The number of esters is 1. The Kier molecular flexibility index (Phi) is 5.92. The number of carbonyl (C=O) groups excluding carboxylic acids is 3. The molecule has 3 rings (SSSR count). The minimum Gasteiger partial charge on any atom is -0.496 e. The lowest BCUT2D eigenvalue weighted by Gasteiger charge is -2.18. The van der Waals surface area contributed by atoms with Gasteiger partial charge in [0.25, 0.3) is 16.8 Å². The maximum atomic E-state index is 12.6. The number of thioether (sulfide) groups is 1. The van der Waals surface area contributed by atoms with Crippen LogP contribution in [-0.2, 0) is 14.3 Å². The van der Waals surface area contributed by atoms with Crippen LogP contribution in [0.1, 0.15) is 12.7 Å². The maximum absolute atomic E-state index is 12.6. The first kappa shape index (κ1) is 21.1. The van der Waals surface area contributed by atoms with Gasteiger partial charge >= 0.3 is 5.97 Å². The fourth-order valence-electron chi connectivity index (χ4n) is 2.80. The van der Waals surface area contributed by atoms with Crippen LogP contribution in [0.5, 0.6) is 5.75 Å². The number of nitrogens with zero attached hydrogens (tertiary/aromatic N) is 2. The van der Waals surface area contributed by atoms with Crippen LogP contribution in [0, 0.1) is 10.1 Å². The number of imide groups is 1. The largest absolute Gasteiger partial charge is 0.496 e. The van der Waals surface area contributed by atoms with Crippen molar-refractivity contribution in [2.45, 2.75) is 13.0 Å². The molecule has 2 heterocycles. The Morgan fingerprint density at radius 3 is 2.63 bits per heavy atom. The topological polar surface area (TPSA) is 129 Å². The first-order valence-corrected chi connectivity index (χ1v) is 9.36. The molecule has 11 heteroatoms. The van der Waals surface area contributed by atoms with E-state index in [4.69, 9.17) is 9.15 Å². The average Bonchev–Trinajstić information content (AvgIpc) is 3.30. The van der Waals surface area contributed by atoms with Gasteiger partial charge in [-0.15, -0.1) is 0 Å². The summed E-state index contributed by atoms with van der Waals surface area (Å²) in [6.45, 7) is 1.39. The number of nitro groups is 1. The summed E-state index contributed by atoms with van der Waals surface area (Å²) in [6.07, 6.45) is 1.36. The summed E-state index contributed by atoms with van der Waals surface area (Å²) in [5.74, 6) is -0.460. The molecule has 1 fully saturated rings. The Morgan fingerprint density at radius 2 is 2.00 bits per heavy atom. The van der Waals surface area contributed by atoms with Gasteiger partial charge < -0.3 is 13.9 Å². The highest BCUT2D eigenvalue weighted by Crippen LogP contribution is 2.37. The number of hydrogen-bond acceptors (Lipinski definition) is 9. The van der Waals surface area contributed by atoms with Crippen LogP contribution in [0.15, 0.2) is 39.7 Å². The maximum Gasteiger partial charge on any atom is 0.328 e. The number of amides is 2. The third kappa shape index (κ3) is 3.92. The van der Waals surface area contributed by atoms with Crippen LogP contribution in [0.25, 0.3) is 17.4 Å². The van der Waals surface area contributed by atoms with E-state index in [1.54, 1.807) is 12.1 Å². The number of nitro benzene ring substituents is 1. The van der Waals surface area contributed by atoms with Crippen molar-refractivity contribution in [1.82, 2.24) is 4.90 Å². The molecule has 1 unspecified atom stereocenters. The van der Waals surface area contributed by atoms with Crippen molar-refractivity contribution >= 4 is 40.6 Å². The molecule has 156 valence electrons. The zero-order valence-electron chi connectivity index (χ0n) is 16.1. The van der Waals surface area contributed by atoms with Gasteiger partial charge in [0.15, 0.2) is 0 Å². The number of rotatable bonds is 6. The molecule has 2 amide bonds. The lowest BCUT2D eigenvalue weighted by Crippen LogP contribution is -2.42. The highest BCUT2D eigenvalue weighted by atomic mass is 32.2. The highest BCUT2D eigenvalue weighted by Gasteiger charge is 2.41. The van der Waals surface area contributed by atoms with E-state index in [-0.39, 0.29) is 22.1 Å². The second-order valence-electron chi connectivity index (χ2n) is 6.09. The molecule has 1 aliphatic rings. The number of non-ortho nitro benzene ring substituents is 1. The van der Waals surface area contributed by atoms with E-state index in [1.165, 1.54) is 45.4 Å². The van der Waals surface area contributed by atoms with Crippen molar-refractivity contribution in [2.24, 2.45) is 0 Å². The summed E-state index contributed by atoms with van der Waals surface area (Å²) in [4.78, 5) is 47.8. The predicted octanol–water partition coefficient (Wildman–Crippen LogP) is 3.46. The van der Waals surface area contributed by atoms with E-state index >= 15 is 0 Å². The summed E-state index contributed by atoms with van der Waals surface area (Å²) in [5.41, 5.74) is 0.223. The summed E-state index contributed by atoms with van der Waals surface area (Å²) in [6, 6.07) is 6.13. The molecule has 1 atom stereocenters. The first-order chi connectivity index (χ1) is 14.3. The smallest absolute Gasteiger partial charge is 0.328 e. The first-order valence-electron chi connectivity index (χ1n) is 8.54. The van der Waals surface area contributed by atoms with Crippen LogP contribution < -0.4 is 4.74 Å². The molecule has 0 N–H and O–H groups in total. The van der Waals surface area contributed by atoms with Gasteiger partial charge in [-0.1, -0.05) is 0 Å². The lowest BCUT2D eigenvalue weighted by molar-refractivity contribution is -0.384. The Morgan fingerprint density at radius 1 is 1.27 bits per heavy atom. The van der Waals surface area contributed by atoms with E-state index in [2.05, 4.69) is 4.74 Å². The number of furan rings is 1. The molecule has 0 aliphatic carbocycles. The Labute approximate surface area is 174 Å². The highest BCUT2D eigenvalue weighted by molar-refractivity contribution is 8.18. The molecule has 10 nitrogen and oxygen atoms in total. The third-order valence-corrected chi connectivity index (χ3v) is 5.20. The van der Waals surface area contributed by atoms with Gasteiger partial charge in [0.05, 0.1) is 29.6 Å². The van der Waals surface area contributed by atoms with Crippen LogP contribution >= 0.6 is 11.8 Å². The van der Waals surface area contributed by atoms with E-state index in [1.807, 2.05) is 0 Å². The molecule has 2 aromatic rings. The normalized spacial score (nSPS) is 16.1. The van der Waals surface area contributed by atoms with E-state index < -0.39 is 28.1 Å². The minimum atomic E-state index is -1.06. The predicted molar refractivity (Wildman–Crippen MR) is 107 cm³/mol. The van der Waals surface area contributed by atoms with Crippen molar-refractivity contribution in [3.63, 3.8) is 0 Å². The fraction of sp³-hybridized carbons (Fsp3) is 0.211. The van der Waals surface area contributed by atoms with Crippen LogP contribution in [0.4, 0.5) is 10.5 Å². The Bertz CT molecular complexity index is 1070.